The van der Waals surface area contributed by atoms with Gasteiger partial charge in [0, 0.05) is 5.69 Å². The van der Waals surface area contributed by atoms with Gasteiger partial charge in [0.25, 0.3) is 0 Å². The molecule has 0 spiro atoms. The molecule has 0 saturated heterocycles. The quantitative estimate of drug-likeness (QED) is 0.757. The number of hydrogen-bond donors (Lipinski definition) is 0. The van der Waals surface area contributed by atoms with Crippen molar-refractivity contribution in [2.75, 3.05) is 0 Å². The van der Waals surface area contributed by atoms with Crippen LogP contribution in [0.15, 0.2) is 24.3 Å². The Morgan fingerprint density at radius 1 is 1.22 bits per heavy atom. The SMILES string of the molecule is Cc1cc(C(F)(F)F)nn1-c1cccc(Cl)c1Cl. The topological polar surface area (TPSA) is 17.8 Å². The van der Waals surface area contributed by atoms with Crippen molar-refractivity contribution in [2.24, 2.45) is 0 Å². The average Bonchev–Trinajstić information content (AvgIpc) is 2.64. The van der Waals surface area contributed by atoms with Crippen molar-refractivity contribution in [1.29, 1.82) is 0 Å². The third kappa shape index (κ3) is 2.33. The van der Waals surface area contributed by atoms with Crippen LogP contribution in [0.4, 0.5) is 13.2 Å². The lowest BCUT2D eigenvalue weighted by Gasteiger charge is -2.07. The van der Waals surface area contributed by atoms with Crippen LogP contribution in [0.2, 0.25) is 10.0 Å². The first-order chi connectivity index (χ1) is 8.30. The average molecular weight is 295 g/mol. The van der Waals surface area contributed by atoms with E-state index in [-0.39, 0.29) is 10.0 Å². The molecule has 0 unspecified atom stereocenters. The molecule has 0 amide bonds. The Morgan fingerprint density at radius 2 is 1.89 bits per heavy atom. The minimum absolute atomic E-state index is 0.166. The molecule has 1 aromatic carbocycles. The zero-order valence-corrected chi connectivity index (χ0v) is 10.6. The fourth-order valence-corrected chi connectivity index (χ4v) is 1.89. The van der Waals surface area contributed by atoms with E-state index in [2.05, 4.69) is 5.10 Å². The monoisotopic (exact) mass is 294 g/mol. The van der Waals surface area contributed by atoms with Crippen molar-refractivity contribution < 1.29 is 13.2 Å². The van der Waals surface area contributed by atoms with Crippen LogP contribution >= 0.6 is 23.2 Å². The number of halogens is 5. The molecule has 0 saturated carbocycles. The van der Waals surface area contributed by atoms with Gasteiger partial charge >= 0.3 is 6.18 Å². The number of rotatable bonds is 1. The van der Waals surface area contributed by atoms with Crippen LogP contribution in [0.5, 0.6) is 0 Å². The van der Waals surface area contributed by atoms with E-state index in [9.17, 15) is 13.2 Å². The van der Waals surface area contributed by atoms with Gasteiger partial charge in [-0.05, 0) is 25.1 Å². The molecular formula is C11H7Cl2F3N2. The number of alkyl halides is 3. The van der Waals surface area contributed by atoms with Gasteiger partial charge in [0.2, 0.25) is 0 Å². The molecule has 96 valence electrons. The Hall–Kier alpha value is -1.20. The maximum atomic E-state index is 12.5. The summed E-state index contributed by atoms with van der Waals surface area (Å²) in [6.07, 6.45) is -4.49. The van der Waals surface area contributed by atoms with Crippen LogP contribution in [-0.4, -0.2) is 9.78 Å². The fraction of sp³-hybridized carbons (Fsp3) is 0.182. The Bertz CT molecular complexity index is 590. The molecule has 2 aromatic rings. The van der Waals surface area contributed by atoms with Crippen molar-refractivity contribution >= 4 is 23.2 Å². The van der Waals surface area contributed by atoms with Gasteiger partial charge < -0.3 is 0 Å². The second-order valence-corrected chi connectivity index (χ2v) is 4.44. The minimum atomic E-state index is -4.49. The van der Waals surface area contributed by atoms with Crippen LogP contribution in [0, 0.1) is 6.92 Å². The molecule has 0 N–H and O–H groups in total. The number of aromatic nitrogens is 2. The smallest absolute Gasteiger partial charge is 0.236 e. The summed E-state index contributed by atoms with van der Waals surface area (Å²) in [5.74, 6) is 0. The molecular weight excluding hydrogens is 288 g/mol. The normalized spacial score (nSPS) is 11.9. The lowest BCUT2D eigenvalue weighted by Crippen LogP contribution is -2.07. The first kappa shape index (κ1) is 13.2. The zero-order chi connectivity index (χ0) is 13.5. The summed E-state index contributed by atoms with van der Waals surface area (Å²) < 4.78 is 38.7. The summed E-state index contributed by atoms with van der Waals surface area (Å²) in [4.78, 5) is 0. The van der Waals surface area contributed by atoms with E-state index in [0.717, 1.165) is 10.7 Å². The second kappa shape index (κ2) is 4.48. The van der Waals surface area contributed by atoms with Crippen LogP contribution in [0.1, 0.15) is 11.4 Å². The molecule has 0 radical (unpaired) electrons. The summed E-state index contributed by atoms with van der Waals surface area (Å²) in [6, 6.07) is 5.65. The summed E-state index contributed by atoms with van der Waals surface area (Å²) >= 11 is 11.8. The van der Waals surface area contributed by atoms with E-state index < -0.39 is 11.9 Å². The third-order valence-electron chi connectivity index (χ3n) is 2.34. The van der Waals surface area contributed by atoms with Gasteiger partial charge in [-0.15, -0.1) is 0 Å². The second-order valence-electron chi connectivity index (χ2n) is 3.65. The Labute approximate surface area is 111 Å². The molecule has 0 bridgehead atoms. The molecule has 0 fully saturated rings. The molecule has 18 heavy (non-hydrogen) atoms. The van der Waals surface area contributed by atoms with Crippen molar-refractivity contribution in [2.45, 2.75) is 13.1 Å². The van der Waals surface area contributed by atoms with Gasteiger partial charge in [0.05, 0.1) is 15.7 Å². The molecule has 2 rings (SSSR count). The molecule has 0 aliphatic heterocycles. The Balaban J connectivity index is 2.58. The van der Waals surface area contributed by atoms with Gasteiger partial charge in [-0.25, -0.2) is 4.68 Å². The Kier molecular flexibility index (Phi) is 3.29. The summed E-state index contributed by atoms with van der Waals surface area (Å²) in [7, 11) is 0. The largest absolute Gasteiger partial charge is 0.435 e. The van der Waals surface area contributed by atoms with Gasteiger partial charge in [-0.3, -0.25) is 0 Å². The van der Waals surface area contributed by atoms with Gasteiger partial charge in [0.15, 0.2) is 5.69 Å². The minimum Gasteiger partial charge on any atom is -0.236 e. The van der Waals surface area contributed by atoms with Crippen molar-refractivity contribution in [3.05, 3.63) is 45.7 Å². The summed E-state index contributed by atoms with van der Waals surface area (Å²) in [6.45, 7) is 1.51. The van der Waals surface area contributed by atoms with Crippen molar-refractivity contribution in [3.8, 4) is 5.69 Å². The van der Waals surface area contributed by atoms with E-state index >= 15 is 0 Å². The van der Waals surface area contributed by atoms with Crippen LogP contribution in [-0.2, 0) is 6.18 Å². The van der Waals surface area contributed by atoms with E-state index in [1.54, 1.807) is 18.2 Å². The molecule has 0 atom stereocenters. The van der Waals surface area contributed by atoms with Crippen molar-refractivity contribution in [3.63, 3.8) is 0 Å². The van der Waals surface area contributed by atoms with Gasteiger partial charge in [-0.2, -0.15) is 18.3 Å². The van der Waals surface area contributed by atoms with E-state index in [1.807, 2.05) is 0 Å². The number of aryl methyl sites for hydroxylation is 1. The summed E-state index contributed by atoms with van der Waals surface area (Å²) in [5, 5.41) is 3.93. The number of nitrogens with zero attached hydrogens (tertiary/aromatic N) is 2. The van der Waals surface area contributed by atoms with Gasteiger partial charge in [-0.1, -0.05) is 29.3 Å². The third-order valence-corrected chi connectivity index (χ3v) is 3.15. The molecule has 0 aliphatic rings. The lowest BCUT2D eigenvalue weighted by atomic mass is 10.3. The zero-order valence-electron chi connectivity index (χ0n) is 9.09. The first-order valence-electron chi connectivity index (χ1n) is 4.89. The predicted molar refractivity (Wildman–Crippen MR) is 63.3 cm³/mol. The van der Waals surface area contributed by atoms with Crippen LogP contribution in [0.3, 0.4) is 0 Å². The molecule has 7 heteroatoms. The lowest BCUT2D eigenvalue weighted by molar-refractivity contribution is -0.141. The highest BCUT2D eigenvalue weighted by Gasteiger charge is 2.34. The summed E-state index contributed by atoms with van der Waals surface area (Å²) in [5.41, 5.74) is -0.320. The van der Waals surface area contributed by atoms with Gasteiger partial charge in [0.1, 0.15) is 0 Å². The standard InChI is InChI=1S/C11H7Cl2F3N2/c1-6-5-9(11(14,15)16)17-18(6)8-4-2-3-7(12)10(8)13/h2-5H,1H3. The Morgan fingerprint density at radius 3 is 2.44 bits per heavy atom. The van der Waals surface area contributed by atoms with E-state index in [4.69, 9.17) is 23.2 Å². The first-order valence-corrected chi connectivity index (χ1v) is 5.64. The maximum Gasteiger partial charge on any atom is 0.435 e. The molecule has 1 heterocycles. The van der Waals surface area contributed by atoms with Crippen LogP contribution in [0.25, 0.3) is 5.69 Å². The maximum absolute atomic E-state index is 12.5. The van der Waals surface area contributed by atoms with E-state index in [0.29, 0.717) is 11.4 Å². The number of benzene rings is 1. The van der Waals surface area contributed by atoms with E-state index in [1.165, 1.54) is 6.92 Å². The number of hydrogen-bond acceptors (Lipinski definition) is 1. The highest BCUT2D eigenvalue weighted by molar-refractivity contribution is 6.43. The molecule has 0 aliphatic carbocycles. The fourth-order valence-electron chi connectivity index (χ4n) is 1.51. The highest BCUT2D eigenvalue weighted by Crippen LogP contribution is 2.32. The predicted octanol–water partition coefficient (Wildman–Crippen LogP) is 4.51. The molecule has 2 nitrogen and oxygen atoms in total. The van der Waals surface area contributed by atoms with Crippen LogP contribution < -0.4 is 0 Å². The highest BCUT2D eigenvalue weighted by atomic mass is 35.5. The van der Waals surface area contributed by atoms with Crippen molar-refractivity contribution in [1.82, 2.24) is 9.78 Å². The molecule has 1 aromatic heterocycles.